The first-order valence-electron chi connectivity index (χ1n) is 9.96. The Morgan fingerprint density at radius 1 is 1.16 bits per heavy atom. The summed E-state index contributed by atoms with van der Waals surface area (Å²) in [6.45, 7) is 2.31. The number of aromatic nitrogens is 2. The lowest BCUT2D eigenvalue weighted by molar-refractivity contribution is -0.138. The Morgan fingerprint density at radius 2 is 2.00 bits per heavy atom. The molecule has 0 aliphatic rings. The Hall–Kier alpha value is -3.45. The molecule has 4 rings (SSSR count). The predicted molar refractivity (Wildman–Crippen MR) is 119 cm³/mol. The minimum atomic E-state index is -0.833. The highest BCUT2D eigenvalue weighted by Crippen LogP contribution is 2.26. The fourth-order valence-electron chi connectivity index (χ4n) is 3.27. The average Bonchev–Trinajstić information content (AvgIpc) is 3.44. The van der Waals surface area contributed by atoms with Crippen LogP contribution in [0.3, 0.4) is 0 Å². The van der Waals surface area contributed by atoms with E-state index in [9.17, 15) is 9.90 Å². The van der Waals surface area contributed by atoms with Crippen molar-refractivity contribution in [2.45, 2.75) is 25.7 Å². The highest BCUT2D eigenvalue weighted by Gasteiger charge is 2.21. The number of hydrogen-bond donors (Lipinski definition) is 1. The number of carboxylic acid groups (broad SMARTS) is 1. The molecule has 31 heavy (non-hydrogen) atoms. The maximum Gasteiger partial charge on any atom is 0.312 e. The number of aliphatic carboxylic acids is 1. The number of carbonyl (C=O) groups is 1. The predicted octanol–water partition coefficient (Wildman–Crippen LogP) is 5.14. The van der Waals surface area contributed by atoms with E-state index >= 15 is 0 Å². The molecule has 0 radical (unpaired) electrons. The van der Waals surface area contributed by atoms with Crippen LogP contribution < -0.4 is 4.74 Å². The van der Waals surface area contributed by atoms with E-state index in [1.165, 1.54) is 11.3 Å². The summed E-state index contributed by atoms with van der Waals surface area (Å²) in [6, 6.07) is 17.1. The zero-order valence-electron chi connectivity index (χ0n) is 17.0. The third-order valence-corrected chi connectivity index (χ3v) is 5.91. The maximum absolute atomic E-state index is 11.6. The number of aryl methyl sites for hydroxylation is 1. The minimum absolute atomic E-state index is 0.392. The molecule has 0 saturated carbocycles. The molecule has 1 atom stereocenters. The number of carboxylic acids is 1. The Labute approximate surface area is 184 Å². The first-order valence-corrected chi connectivity index (χ1v) is 10.8. The zero-order valence-corrected chi connectivity index (χ0v) is 17.8. The van der Waals surface area contributed by atoms with E-state index in [2.05, 4.69) is 9.97 Å². The smallest absolute Gasteiger partial charge is 0.312 e. The molecule has 0 saturated heterocycles. The summed E-state index contributed by atoms with van der Waals surface area (Å²) in [7, 11) is 0. The zero-order chi connectivity index (χ0) is 21.6. The molecule has 0 amide bonds. The summed E-state index contributed by atoms with van der Waals surface area (Å²) in [6.07, 6.45) is 2.67. The Kier molecular flexibility index (Phi) is 6.43. The number of rotatable bonds is 9. The Balaban J connectivity index is 1.33. The van der Waals surface area contributed by atoms with Crippen molar-refractivity contribution in [1.29, 1.82) is 0 Å². The van der Waals surface area contributed by atoms with E-state index in [1.807, 2.05) is 60.8 Å². The molecular formula is C24H22N2O4S. The van der Waals surface area contributed by atoms with Gasteiger partial charge in [-0.3, -0.25) is 4.79 Å². The molecule has 0 spiro atoms. The van der Waals surface area contributed by atoms with Gasteiger partial charge >= 0.3 is 5.97 Å². The molecule has 158 valence electrons. The highest BCUT2D eigenvalue weighted by molar-refractivity contribution is 7.10. The SMILES string of the molecule is Cc1oc(-c2ccccc2)nc1CCOc1ccc(CC(C(=O)O)c2cccs2)cn1. The number of pyridine rings is 1. The summed E-state index contributed by atoms with van der Waals surface area (Å²) < 4.78 is 11.5. The standard InChI is InChI=1S/C24H22N2O4S/c1-16-20(26-23(30-16)18-6-3-2-4-7-18)11-12-29-22-10-9-17(15-25-22)14-19(24(27)28)21-8-5-13-31-21/h2-10,13,15,19H,11-12,14H2,1H3,(H,27,28). The van der Waals surface area contributed by atoms with Crippen molar-refractivity contribution >= 4 is 17.3 Å². The van der Waals surface area contributed by atoms with Crippen LogP contribution in [0.4, 0.5) is 0 Å². The van der Waals surface area contributed by atoms with E-state index in [0.29, 0.717) is 31.2 Å². The van der Waals surface area contributed by atoms with Crippen LogP contribution in [0.2, 0.25) is 0 Å². The molecule has 0 fully saturated rings. The largest absolute Gasteiger partial charge is 0.481 e. The molecule has 0 aliphatic heterocycles. The molecule has 6 nitrogen and oxygen atoms in total. The number of benzene rings is 1. The number of ether oxygens (including phenoxy) is 1. The van der Waals surface area contributed by atoms with Crippen molar-refractivity contribution in [2.75, 3.05) is 6.61 Å². The van der Waals surface area contributed by atoms with Gasteiger partial charge in [0.2, 0.25) is 11.8 Å². The van der Waals surface area contributed by atoms with Gasteiger partial charge in [-0.15, -0.1) is 11.3 Å². The summed E-state index contributed by atoms with van der Waals surface area (Å²) in [4.78, 5) is 21.4. The maximum atomic E-state index is 11.6. The fraction of sp³-hybridized carbons (Fsp3) is 0.208. The third kappa shape index (κ3) is 5.19. The Morgan fingerprint density at radius 3 is 2.68 bits per heavy atom. The lowest BCUT2D eigenvalue weighted by Crippen LogP contribution is -2.13. The van der Waals surface area contributed by atoms with Crippen LogP contribution in [0, 0.1) is 6.92 Å². The third-order valence-electron chi connectivity index (χ3n) is 4.92. The van der Waals surface area contributed by atoms with E-state index in [-0.39, 0.29) is 0 Å². The summed E-state index contributed by atoms with van der Waals surface area (Å²) in [5.41, 5.74) is 2.65. The van der Waals surface area contributed by atoms with E-state index in [1.54, 1.807) is 12.3 Å². The van der Waals surface area contributed by atoms with Gasteiger partial charge in [0.15, 0.2) is 0 Å². The van der Waals surface area contributed by atoms with Crippen molar-refractivity contribution in [3.8, 4) is 17.3 Å². The lowest BCUT2D eigenvalue weighted by Gasteiger charge is -2.11. The van der Waals surface area contributed by atoms with E-state index in [4.69, 9.17) is 9.15 Å². The van der Waals surface area contributed by atoms with E-state index < -0.39 is 11.9 Å². The van der Waals surface area contributed by atoms with Gasteiger partial charge in [0.25, 0.3) is 0 Å². The molecular weight excluding hydrogens is 412 g/mol. The van der Waals surface area contributed by atoms with E-state index in [0.717, 1.165) is 27.5 Å². The summed E-state index contributed by atoms with van der Waals surface area (Å²) in [5.74, 6) is 0.479. The van der Waals surface area contributed by atoms with Crippen molar-refractivity contribution in [3.63, 3.8) is 0 Å². The van der Waals surface area contributed by atoms with Crippen molar-refractivity contribution < 1.29 is 19.1 Å². The second kappa shape index (κ2) is 9.57. The molecule has 3 aromatic heterocycles. The van der Waals surface area contributed by atoms with Gasteiger partial charge in [-0.2, -0.15) is 0 Å². The number of oxazole rings is 1. The molecule has 1 N–H and O–H groups in total. The molecule has 7 heteroatoms. The molecule has 4 aromatic rings. The second-order valence-corrected chi connectivity index (χ2v) is 8.08. The van der Waals surface area contributed by atoms with Crippen LogP contribution in [-0.4, -0.2) is 27.7 Å². The van der Waals surface area contributed by atoms with Crippen LogP contribution in [0.1, 0.15) is 27.8 Å². The van der Waals surface area contributed by atoms with Crippen molar-refractivity contribution in [1.82, 2.24) is 9.97 Å². The van der Waals surface area contributed by atoms with Crippen molar-refractivity contribution in [3.05, 3.63) is 88.1 Å². The first-order chi connectivity index (χ1) is 15.1. The topological polar surface area (TPSA) is 85.5 Å². The average molecular weight is 435 g/mol. The van der Waals surface area contributed by atoms with Gasteiger partial charge in [-0.1, -0.05) is 30.3 Å². The lowest BCUT2D eigenvalue weighted by atomic mass is 9.99. The van der Waals surface area contributed by atoms with Crippen LogP contribution in [0.5, 0.6) is 5.88 Å². The normalized spacial score (nSPS) is 11.9. The molecule has 3 heterocycles. The quantitative estimate of drug-likeness (QED) is 0.393. The monoisotopic (exact) mass is 434 g/mol. The molecule has 1 aromatic carbocycles. The second-order valence-electron chi connectivity index (χ2n) is 7.10. The van der Waals surface area contributed by atoms with Gasteiger partial charge in [0.05, 0.1) is 18.2 Å². The van der Waals surface area contributed by atoms with Gasteiger partial charge < -0.3 is 14.3 Å². The fourth-order valence-corrected chi connectivity index (χ4v) is 4.09. The Bertz CT molecular complexity index is 1120. The molecule has 0 aliphatic carbocycles. The van der Waals surface area contributed by atoms with Crippen LogP contribution in [0.15, 0.2) is 70.6 Å². The van der Waals surface area contributed by atoms with Crippen LogP contribution >= 0.6 is 11.3 Å². The number of hydrogen-bond acceptors (Lipinski definition) is 6. The highest BCUT2D eigenvalue weighted by atomic mass is 32.1. The van der Waals surface area contributed by atoms with Gasteiger partial charge in [0.1, 0.15) is 5.76 Å². The summed E-state index contributed by atoms with van der Waals surface area (Å²) >= 11 is 1.45. The molecule has 0 bridgehead atoms. The summed E-state index contributed by atoms with van der Waals surface area (Å²) in [5, 5.41) is 11.4. The number of thiophene rings is 1. The van der Waals surface area contributed by atoms with Gasteiger partial charge in [-0.05, 0) is 42.5 Å². The minimum Gasteiger partial charge on any atom is -0.481 e. The van der Waals surface area contributed by atoms with Crippen LogP contribution in [0.25, 0.3) is 11.5 Å². The van der Waals surface area contributed by atoms with Gasteiger partial charge in [0, 0.05) is 29.1 Å². The number of nitrogens with zero attached hydrogens (tertiary/aromatic N) is 2. The first kappa shape index (κ1) is 20.8. The van der Waals surface area contributed by atoms with Crippen LogP contribution in [-0.2, 0) is 17.6 Å². The molecule has 1 unspecified atom stereocenters. The van der Waals surface area contributed by atoms with Crippen molar-refractivity contribution in [2.24, 2.45) is 0 Å². The van der Waals surface area contributed by atoms with Gasteiger partial charge in [-0.25, -0.2) is 9.97 Å².